The minimum absolute atomic E-state index is 0.882. The molecular weight excluding hydrogens is 240 g/mol. The summed E-state index contributed by atoms with van der Waals surface area (Å²) in [5.41, 5.74) is 3.32. The fourth-order valence-electron chi connectivity index (χ4n) is 1.44. The molecule has 1 aromatic carbocycles. The van der Waals surface area contributed by atoms with Crippen LogP contribution in [0.25, 0.3) is 17.1 Å². The van der Waals surface area contributed by atoms with Crippen LogP contribution in [0.3, 0.4) is 0 Å². The Balaban J connectivity index is 2.45. The molecule has 0 aliphatic rings. The average Bonchev–Trinajstić information content (AvgIpc) is 2.54. The molecule has 2 nitrogen and oxygen atoms in total. The standard InChI is InChI=1S/C11H11BrN2/c1-8-13-10-5-4-9(3-2-6-12)7-11(10)14-8/h2-5,7H,6H2,1H3,(H,13,14). The van der Waals surface area contributed by atoms with Gasteiger partial charge in [0.2, 0.25) is 0 Å². The number of halogens is 1. The van der Waals surface area contributed by atoms with Crippen molar-refractivity contribution in [2.75, 3.05) is 5.33 Å². The van der Waals surface area contributed by atoms with Crippen LogP contribution in [0.15, 0.2) is 24.3 Å². The monoisotopic (exact) mass is 250 g/mol. The summed E-state index contributed by atoms with van der Waals surface area (Å²) in [6.07, 6.45) is 4.16. The molecule has 0 aliphatic carbocycles. The molecule has 0 aliphatic heterocycles. The topological polar surface area (TPSA) is 28.7 Å². The first-order chi connectivity index (χ1) is 6.79. The normalized spacial score (nSPS) is 11.6. The van der Waals surface area contributed by atoms with Gasteiger partial charge in [-0.2, -0.15) is 0 Å². The third kappa shape index (κ3) is 1.87. The SMILES string of the molecule is Cc1nc2ccc(C=CCBr)cc2[nH]1. The molecule has 1 N–H and O–H groups in total. The van der Waals surface area contributed by atoms with Gasteiger partial charge in [-0.05, 0) is 24.6 Å². The van der Waals surface area contributed by atoms with Crippen LogP contribution in [-0.4, -0.2) is 15.3 Å². The summed E-state index contributed by atoms with van der Waals surface area (Å²) in [5.74, 6) is 0.960. The molecule has 2 aromatic rings. The van der Waals surface area contributed by atoms with Crippen molar-refractivity contribution < 1.29 is 0 Å². The maximum Gasteiger partial charge on any atom is 0.104 e. The van der Waals surface area contributed by atoms with Crippen molar-refractivity contribution in [2.45, 2.75) is 6.92 Å². The highest BCUT2D eigenvalue weighted by Crippen LogP contribution is 2.14. The molecule has 0 atom stereocenters. The number of aryl methyl sites for hydroxylation is 1. The molecule has 0 fully saturated rings. The lowest BCUT2D eigenvalue weighted by Crippen LogP contribution is -1.73. The molecule has 0 amide bonds. The molecule has 2 rings (SSSR count). The number of alkyl halides is 1. The second-order valence-electron chi connectivity index (χ2n) is 3.16. The predicted molar refractivity (Wildman–Crippen MR) is 63.7 cm³/mol. The Morgan fingerprint density at radius 2 is 2.36 bits per heavy atom. The first kappa shape index (κ1) is 9.46. The van der Waals surface area contributed by atoms with Gasteiger partial charge < -0.3 is 4.98 Å². The van der Waals surface area contributed by atoms with E-state index < -0.39 is 0 Å². The van der Waals surface area contributed by atoms with E-state index in [1.807, 2.05) is 13.0 Å². The van der Waals surface area contributed by atoms with E-state index in [0.29, 0.717) is 0 Å². The quantitative estimate of drug-likeness (QED) is 0.815. The fraction of sp³-hybridized carbons (Fsp3) is 0.182. The van der Waals surface area contributed by atoms with Gasteiger partial charge in [-0.25, -0.2) is 4.98 Å². The van der Waals surface area contributed by atoms with Crippen molar-refractivity contribution >= 4 is 33.0 Å². The molecule has 0 saturated carbocycles. The van der Waals surface area contributed by atoms with Crippen LogP contribution in [0, 0.1) is 6.92 Å². The predicted octanol–water partition coefficient (Wildman–Crippen LogP) is 3.28. The number of aromatic nitrogens is 2. The van der Waals surface area contributed by atoms with E-state index in [9.17, 15) is 0 Å². The summed E-state index contributed by atoms with van der Waals surface area (Å²) in [4.78, 5) is 7.56. The van der Waals surface area contributed by atoms with E-state index in [2.05, 4.69) is 50.2 Å². The molecule has 1 aromatic heterocycles. The van der Waals surface area contributed by atoms with Gasteiger partial charge in [-0.3, -0.25) is 0 Å². The zero-order chi connectivity index (χ0) is 9.97. The number of nitrogens with zero attached hydrogens (tertiary/aromatic N) is 1. The van der Waals surface area contributed by atoms with E-state index in [-0.39, 0.29) is 0 Å². The van der Waals surface area contributed by atoms with E-state index >= 15 is 0 Å². The summed E-state index contributed by atoms with van der Waals surface area (Å²) in [6, 6.07) is 6.21. The van der Waals surface area contributed by atoms with Gasteiger partial charge in [0.1, 0.15) is 5.82 Å². The number of hydrogen-bond acceptors (Lipinski definition) is 1. The Morgan fingerprint density at radius 3 is 3.14 bits per heavy atom. The summed E-state index contributed by atoms with van der Waals surface area (Å²) in [5, 5.41) is 0.882. The largest absolute Gasteiger partial charge is 0.342 e. The van der Waals surface area contributed by atoms with Gasteiger partial charge in [0, 0.05) is 5.33 Å². The molecule has 0 saturated heterocycles. The highest BCUT2D eigenvalue weighted by molar-refractivity contribution is 9.09. The highest BCUT2D eigenvalue weighted by atomic mass is 79.9. The smallest absolute Gasteiger partial charge is 0.104 e. The molecule has 0 unspecified atom stereocenters. The number of fused-ring (bicyclic) bond motifs is 1. The van der Waals surface area contributed by atoms with Crippen molar-refractivity contribution in [3.63, 3.8) is 0 Å². The number of nitrogens with one attached hydrogen (secondary N) is 1. The molecule has 3 heteroatoms. The molecule has 0 radical (unpaired) electrons. The van der Waals surface area contributed by atoms with Crippen LogP contribution in [0.1, 0.15) is 11.4 Å². The maximum atomic E-state index is 4.35. The lowest BCUT2D eigenvalue weighted by molar-refractivity contribution is 1.17. The number of allylic oxidation sites excluding steroid dienone is 1. The van der Waals surface area contributed by atoms with Gasteiger partial charge in [-0.15, -0.1) is 0 Å². The van der Waals surface area contributed by atoms with Crippen LogP contribution < -0.4 is 0 Å². The third-order valence-corrected chi connectivity index (χ3v) is 2.40. The van der Waals surface area contributed by atoms with Crippen molar-refractivity contribution in [2.24, 2.45) is 0 Å². The van der Waals surface area contributed by atoms with Crippen LogP contribution in [0.4, 0.5) is 0 Å². The second kappa shape index (κ2) is 3.96. The number of imidazole rings is 1. The van der Waals surface area contributed by atoms with Crippen molar-refractivity contribution in [1.29, 1.82) is 0 Å². The molecule has 72 valence electrons. The van der Waals surface area contributed by atoms with Gasteiger partial charge in [0.15, 0.2) is 0 Å². The Hall–Kier alpha value is -1.09. The Labute approximate surface area is 91.2 Å². The molecule has 0 bridgehead atoms. The number of hydrogen-bond donors (Lipinski definition) is 1. The van der Waals surface area contributed by atoms with Crippen LogP contribution in [0.5, 0.6) is 0 Å². The van der Waals surface area contributed by atoms with Gasteiger partial charge >= 0.3 is 0 Å². The van der Waals surface area contributed by atoms with E-state index in [1.165, 1.54) is 5.56 Å². The molecule has 14 heavy (non-hydrogen) atoms. The average molecular weight is 251 g/mol. The Kier molecular flexibility index (Phi) is 2.68. The van der Waals surface area contributed by atoms with Gasteiger partial charge in [0.25, 0.3) is 0 Å². The van der Waals surface area contributed by atoms with Crippen LogP contribution in [0.2, 0.25) is 0 Å². The first-order valence-corrected chi connectivity index (χ1v) is 5.60. The van der Waals surface area contributed by atoms with Crippen molar-refractivity contribution in [1.82, 2.24) is 9.97 Å². The lowest BCUT2D eigenvalue weighted by atomic mass is 10.2. The van der Waals surface area contributed by atoms with Crippen LogP contribution in [-0.2, 0) is 0 Å². The number of rotatable bonds is 2. The van der Waals surface area contributed by atoms with Crippen LogP contribution >= 0.6 is 15.9 Å². The Morgan fingerprint density at radius 1 is 1.50 bits per heavy atom. The lowest BCUT2D eigenvalue weighted by Gasteiger charge is -1.92. The minimum atomic E-state index is 0.882. The third-order valence-electron chi connectivity index (χ3n) is 2.02. The van der Waals surface area contributed by atoms with E-state index in [1.54, 1.807) is 0 Å². The maximum absolute atomic E-state index is 4.35. The summed E-state index contributed by atoms with van der Waals surface area (Å²) >= 11 is 3.35. The number of benzene rings is 1. The number of aromatic amines is 1. The minimum Gasteiger partial charge on any atom is -0.342 e. The highest BCUT2D eigenvalue weighted by Gasteiger charge is 1.98. The summed E-state index contributed by atoms with van der Waals surface area (Å²) in [6.45, 7) is 1.97. The molecule has 0 spiro atoms. The first-order valence-electron chi connectivity index (χ1n) is 4.48. The molecule has 1 heterocycles. The van der Waals surface area contributed by atoms with Crippen molar-refractivity contribution in [3.8, 4) is 0 Å². The fourth-order valence-corrected chi connectivity index (χ4v) is 1.63. The summed E-state index contributed by atoms with van der Waals surface area (Å²) < 4.78 is 0. The Bertz CT molecular complexity index is 471. The molecular formula is C11H11BrN2. The van der Waals surface area contributed by atoms with E-state index in [0.717, 1.165) is 22.2 Å². The number of H-pyrrole nitrogens is 1. The van der Waals surface area contributed by atoms with Gasteiger partial charge in [-0.1, -0.05) is 34.1 Å². The second-order valence-corrected chi connectivity index (χ2v) is 3.80. The summed E-state index contributed by atoms with van der Waals surface area (Å²) in [7, 11) is 0. The zero-order valence-corrected chi connectivity index (χ0v) is 9.51. The zero-order valence-electron chi connectivity index (χ0n) is 7.92. The van der Waals surface area contributed by atoms with E-state index in [4.69, 9.17) is 0 Å². The van der Waals surface area contributed by atoms with Gasteiger partial charge in [0.05, 0.1) is 11.0 Å². The van der Waals surface area contributed by atoms with Crippen molar-refractivity contribution in [3.05, 3.63) is 35.7 Å².